The van der Waals surface area contributed by atoms with Gasteiger partial charge in [0.05, 0.1) is 25.1 Å². The van der Waals surface area contributed by atoms with Crippen molar-refractivity contribution < 1.29 is 14.3 Å². The van der Waals surface area contributed by atoms with E-state index < -0.39 is 0 Å². The van der Waals surface area contributed by atoms with Gasteiger partial charge < -0.3 is 14.4 Å². The number of carbonyl (C=O) groups excluding carboxylic acids is 1. The smallest absolute Gasteiger partial charge is 0.272 e. The van der Waals surface area contributed by atoms with Crippen molar-refractivity contribution >= 4 is 11.6 Å². The number of hydrogen-bond donors (Lipinski definition) is 1. The van der Waals surface area contributed by atoms with Gasteiger partial charge in [0, 0.05) is 49.7 Å². The molecule has 0 saturated carbocycles. The number of likely N-dealkylation sites (tertiary alicyclic amines) is 1. The van der Waals surface area contributed by atoms with E-state index in [9.17, 15) is 9.59 Å². The van der Waals surface area contributed by atoms with E-state index in [-0.39, 0.29) is 17.4 Å². The highest BCUT2D eigenvalue weighted by Gasteiger charge is 2.32. The zero-order chi connectivity index (χ0) is 20.5. The third-order valence-corrected chi connectivity index (χ3v) is 5.45. The number of fused-ring (bicyclic) bond motifs is 1. The largest absolute Gasteiger partial charge is 0.497 e. The standard InChI is InChI=1S/C21H24N4O4/c1-13-20(14-4-6-16(29-3)7-5-14)23-25-19(27)11-17(22-21(13)25)15-10-18(26)24(12-15)8-9-28-2/h4-7,11,15,23H,8-10,12H2,1-3H3/t15-/m1/s1. The van der Waals surface area contributed by atoms with Crippen molar-refractivity contribution in [2.24, 2.45) is 0 Å². The molecule has 29 heavy (non-hydrogen) atoms. The number of rotatable bonds is 6. The quantitative estimate of drug-likeness (QED) is 0.688. The number of ether oxygens (including phenoxy) is 2. The molecule has 1 saturated heterocycles. The molecule has 0 unspecified atom stereocenters. The average molecular weight is 396 g/mol. The Balaban J connectivity index is 1.69. The van der Waals surface area contributed by atoms with Crippen LogP contribution in [0.15, 0.2) is 35.1 Å². The van der Waals surface area contributed by atoms with E-state index in [1.165, 1.54) is 10.6 Å². The third-order valence-electron chi connectivity index (χ3n) is 5.45. The number of aromatic nitrogens is 3. The number of aryl methyl sites for hydroxylation is 1. The summed E-state index contributed by atoms with van der Waals surface area (Å²) in [5.41, 5.74) is 3.72. The molecule has 1 aromatic carbocycles. The maximum Gasteiger partial charge on any atom is 0.272 e. The molecule has 1 N–H and O–H groups in total. The summed E-state index contributed by atoms with van der Waals surface area (Å²) in [5, 5.41) is 3.16. The average Bonchev–Trinajstić information content (AvgIpc) is 3.27. The number of nitrogens with one attached hydrogen (secondary N) is 1. The van der Waals surface area contributed by atoms with Crippen LogP contribution < -0.4 is 10.3 Å². The molecule has 3 aromatic rings. The minimum Gasteiger partial charge on any atom is -0.497 e. The molecular formula is C21H24N4O4. The first-order valence-electron chi connectivity index (χ1n) is 9.55. The molecule has 2 aromatic heterocycles. The summed E-state index contributed by atoms with van der Waals surface area (Å²) in [4.78, 5) is 31.5. The predicted molar refractivity (Wildman–Crippen MR) is 108 cm³/mol. The van der Waals surface area contributed by atoms with Gasteiger partial charge >= 0.3 is 0 Å². The van der Waals surface area contributed by atoms with Crippen LogP contribution in [0.1, 0.15) is 23.6 Å². The Kier molecular flexibility index (Phi) is 5.10. The molecule has 152 valence electrons. The Bertz CT molecular complexity index is 1100. The number of carbonyl (C=O) groups is 1. The fraction of sp³-hybridized carbons (Fsp3) is 0.381. The first-order valence-corrected chi connectivity index (χ1v) is 9.55. The SMILES string of the molecule is COCCN1C[C@H](c2cc(=O)n3[nH]c(-c4ccc(OC)cc4)c(C)c3n2)CC1=O. The number of aromatic amines is 1. The van der Waals surface area contributed by atoms with Gasteiger partial charge in [0.25, 0.3) is 5.56 Å². The minimum atomic E-state index is -0.185. The zero-order valence-corrected chi connectivity index (χ0v) is 16.8. The monoisotopic (exact) mass is 396 g/mol. The first-order chi connectivity index (χ1) is 14.0. The lowest BCUT2D eigenvalue weighted by molar-refractivity contribution is -0.128. The lowest BCUT2D eigenvalue weighted by Crippen LogP contribution is -2.28. The molecule has 1 aliphatic rings. The predicted octanol–water partition coefficient (Wildman–Crippen LogP) is 1.97. The van der Waals surface area contributed by atoms with Crippen LogP contribution in [0, 0.1) is 6.92 Å². The molecule has 8 heteroatoms. The molecule has 4 rings (SSSR count). The van der Waals surface area contributed by atoms with Crippen molar-refractivity contribution in [2.45, 2.75) is 19.3 Å². The van der Waals surface area contributed by atoms with Crippen LogP contribution >= 0.6 is 0 Å². The van der Waals surface area contributed by atoms with Gasteiger partial charge in [0.15, 0.2) is 5.65 Å². The molecule has 1 fully saturated rings. The molecular weight excluding hydrogens is 372 g/mol. The van der Waals surface area contributed by atoms with Gasteiger partial charge in [-0.3, -0.25) is 14.7 Å². The Morgan fingerprint density at radius 2 is 1.97 bits per heavy atom. The van der Waals surface area contributed by atoms with E-state index in [0.29, 0.717) is 37.5 Å². The number of hydrogen-bond acceptors (Lipinski definition) is 5. The fourth-order valence-corrected chi connectivity index (χ4v) is 3.80. The lowest BCUT2D eigenvalue weighted by atomic mass is 10.0. The second-order valence-corrected chi connectivity index (χ2v) is 7.25. The molecule has 0 aliphatic carbocycles. The van der Waals surface area contributed by atoms with Crippen LogP contribution in [0.2, 0.25) is 0 Å². The third kappa shape index (κ3) is 3.51. The van der Waals surface area contributed by atoms with Gasteiger partial charge in [-0.25, -0.2) is 9.50 Å². The van der Waals surface area contributed by atoms with Gasteiger partial charge in [-0.1, -0.05) is 0 Å². The summed E-state index contributed by atoms with van der Waals surface area (Å²) < 4.78 is 11.7. The molecule has 0 bridgehead atoms. The highest BCUT2D eigenvalue weighted by atomic mass is 16.5. The summed E-state index contributed by atoms with van der Waals surface area (Å²) in [6.45, 7) is 3.54. The van der Waals surface area contributed by atoms with Crippen LogP contribution in [0.25, 0.3) is 16.9 Å². The number of methoxy groups -OCH3 is 2. The summed E-state index contributed by atoms with van der Waals surface area (Å²) in [6, 6.07) is 9.15. The van der Waals surface area contributed by atoms with Crippen LogP contribution in [0.3, 0.4) is 0 Å². The van der Waals surface area contributed by atoms with E-state index in [1.54, 1.807) is 19.1 Å². The maximum atomic E-state index is 12.7. The van der Waals surface area contributed by atoms with Crippen LogP contribution in [-0.4, -0.2) is 59.3 Å². The molecule has 1 amide bonds. The Hall–Kier alpha value is -3.13. The minimum absolute atomic E-state index is 0.0683. The highest BCUT2D eigenvalue weighted by molar-refractivity contribution is 5.79. The number of benzene rings is 1. The number of amides is 1. The molecule has 8 nitrogen and oxygen atoms in total. The Morgan fingerprint density at radius 3 is 2.66 bits per heavy atom. The van der Waals surface area contributed by atoms with Gasteiger partial charge in [0.2, 0.25) is 5.91 Å². The normalized spacial score (nSPS) is 16.7. The van der Waals surface area contributed by atoms with Crippen molar-refractivity contribution in [3.8, 4) is 17.0 Å². The maximum absolute atomic E-state index is 12.7. The van der Waals surface area contributed by atoms with Crippen LogP contribution in [0.5, 0.6) is 5.75 Å². The summed E-state index contributed by atoms with van der Waals surface area (Å²) >= 11 is 0. The van der Waals surface area contributed by atoms with Crippen molar-refractivity contribution in [1.82, 2.24) is 19.5 Å². The lowest BCUT2D eigenvalue weighted by Gasteiger charge is -2.15. The number of H-pyrrole nitrogens is 1. The van der Waals surface area contributed by atoms with E-state index in [4.69, 9.17) is 14.5 Å². The van der Waals surface area contributed by atoms with Crippen LogP contribution in [0.4, 0.5) is 0 Å². The first kappa shape index (κ1) is 19.2. The second kappa shape index (κ2) is 7.71. The zero-order valence-electron chi connectivity index (χ0n) is 16.8. The van der Waals surface area contributed by atoms with Crippen molar-refractivity contribution in [3.05, 3.63) is 51.9 Å². The summed E-state index contributed by atoms with van der Waals surface area (Å²) in [6.07, 6.45) is 0.362. The van der Waals surface area contributed by atoms with E-state index in [1.807, 2.05) is 31.2 Å². The molecule has 0 spiro atoms. The van der Waals surface area contributed by atoms with E-state index in [0.717, 1.165) is 22.6 Å². The van der Waals surface area contributed by atoms with Crippen molar-refractivity contribution in [3.63, 3.8) is 0 Å². The van der Waals surface area contributed by atoms with Crippen molar-refractivity contribution in [2.75, 3.05) is 33.9 Å². The van der Waals surface area contributed by atoms with Gasteiger partial charge in [-0.15, -0.1) is 0 Å². The topological polar surface area (TPSA) is 88.9 Å². The molecule has 0 radical (unpaired) electrons. The summed E-state index contributed by atoms with van der Waals surface area (Å²) in [7, 11) is 3.24. The second-order valence-electron chi connectivity index (χ2n) is 7.25. The summed E-state index contributed by atoms with van der Waals surface area (Å²) in [5.74, 6) is 0.749. The number of nitrogens with zero attached hydrogens (tertiary/aromatic N) is 3. The molecule has 3 heterocycles. The van der Waals surface area contributed by atoms with Crippen LogP contribution in [-0.2, 0) is 9.53 Å². The van der Waals surface area contributed by atoms with Gasteiger partial charge in [0.1, 0.15) is 5.75 Å². The van der Waals surface area contributed by atoms with Gasteiger partial charge in [-0.05, 0) is 31.2 Å². The van der Waals surface area contributed by atoms with E-state index in [2.05, 4.69) is 5.10 Å². The van der Waals surface area contributed by atoms with E-state index >= 15 is 0 Å². The van der Waals surface area contributed by atoms with Crippen molar-refractivity contribution in [1.29, 1.82) is 0 Å². The highest BCUT2D eigenvalue weighted by Crippen LogP contribution is 2.29. The Labute approximate surface area is 168 Å². The molecule has 1 aliphatic heterocycles. The molecule has 1 atom stereocenters. The van der Waals surface area contributed by atoms with Gasteiger partial charge in [-0.2, -0.15) is 0 Å². The Morgan fingerprint density at radius 1 is 1.21 bits per heavy atom. The fourth-order valence-electron chi connectivity index (χ4n) is 3.80.